The van der Waals surface area contributed by atoms with E-state index in [1.165, 1.54) is 17.7 Å². The topological polar surface area (TPSA) is 64.6 Å². The molecule has 0 saturated heterocycles. The third-order valence-corrected chi connectivity index (χ3v) is 3.35. The second kappa shape index (κ2) is 5.01. The molecule has 0 aliphatic carbocycles. The Hall–Kier alpha value is -2.69. The van der Waals surface area contributed by atoms with E-state index in [0.29, 0.717) is 17.9 Å². The van der Waals surface area contributed by atoms with Crippen LogP contribution in [0.25, 0.3) is 11.1 Å². The zero-order chi connectivity index (χ0) is 15.0. The number of ether oxygens (including phenoxy) is 1. The Labute approximate surface area is 121 Å². The fraction of sp³-hybridized carbons (Fsp3) is 0.188. The number of oxazole rings is 1. The van der Waals surface area contributed by atoms with Gasteiger partial charge in [-0.3, -0.25) is 4.57 Å². The maximum Gasteiger partial charge on any atom is 0.420 e. The van der Waals surface area contributed by atoms with Crippen LogP contribution in [0.4, 0.5) is 0 Å². The second-order valence-corrected chi connectivity index (χ2v) is 4.96. The number of hydrogen-bond acceptors (Lipinski definition) is 4. The van der Waals surface area contributed by atoms with Crippen molar-refractivity contribution in [3.63, 3.8) is 0 Å². The third-order valence-electron chi connectivity index (χ3n) is 3.35. The minimum Gasteiger partial charge on any atom is -0.508 e. The average molecular weight is 285 g/mol. The van der Waals surface area contributed by atoms with Crippen LogP contribution in [0.3, 0.4) is 0 Å². The van der Waals surface area contributed by atoms with Crippen LogP contribution in [0.15, 0.2) is 45.6 Å². The van der Waals surface area contributed by atoms with Gasteiger partial charge in [0.15, 0.2) is 5.58 Å². The van der Waals surface area contributed by atoms with E-state index in [9.17, 15) is 9.90 Å². The van der Waals surface area contributed by atoms with E-state index in [0.717, 1.165) is 16.6 Å². The van der Waals surface area contributed by atoms with Crippen molar-refractivity contribution in [2.45, 2.75) is 13.5 Å². The average Bonchev–Trinajstić information content (AvgIpc) is 2.74. The Kier molecular flexibility index (Phi) is 3.17. The minimum atomic E-state index is -0.419. The molecular weight excluding hydrogens is 270 g/mol. The SMILES string of the molecule is COc1cc(O)cc(Cn2c(=O)oc3ccc(C)cc32)c1. The molecule has 0 spiro atoms. The monoisotopic (exact) mass is 285 g/mol. The summed E-state index contributed by atoms with van der Waals surface area (Å²) in [5.74, 6) is 0.223. The summed E-state index contributed by atoms with van der Waals surface area (Å²) >= 11 is 0. The van der Waals surface area contributed by atoms with Crippen molar-refractivity contribution in [2.24, 2.45) is 0 Å². The molecule has 0 saturated carbocycles. The summed E-state index contributed by atoms with van der Waals surface area (Å²) in [4.78, 5) is 12.0. The van der Waals surface area contributed by atoms with E-state index in [4.69, 9.17) is 9.15 Å². The number of methoxy groups -OCH3 is 1. The molecule has 0 unspecified atom stereocenters. The summed E-state index contributed by atoms with van der Waals surface area (Å²) in [6.45, 7) is 2.26. The zero-order valence-electron chi connectivity index (χ0n) is 11.8. The van der Waals surface area contributed by atoms with Crippen LogP contribution < -0.4 is 10.5 Å². The van der Waals surface area contributed by atoms with Crippen molar-refractivity contribution < 1.29 is 14.3 Å². The Morgan fingerprint density at radius 2 is 2.05 bits per heavy atom. The number of rotatable bonds is 3. The summed E-state index contributed by atoms with van der Waals surface area (Å²) in [6, 6.07) is 10.5. The van der Waals surface area contributed by atoms with Gasteiger partial charge in [-0.25, -0.2) is 4.79 Å². The predicted molar refractivity (Wildman–Crippen MR) is 79.0 cm³/mol. The number of phenolic OH excluding ortho intramolecular Hbond substituents is 1. The quantitative estimate of drug-likeness (QED) is 0.803. The molecule has 1 aromatic heterocycles. The van der Waals surface area contributed by atoms with E-state index in [1.807, 2.05) is 19.1 Å². The lowest BCUT2D eigenvalue weighted by molar-refractivity contribution is 0.406. The maximum absolute atomic E-state index is 12.0. The largest absolute Gasteiger partial charge is 0.508 e. The molecule has 3 rings (SSSR count). The second-order valence-electron chi connectivity index (χ2n) is 4.96. The summed E-state index contributed by atoms with van der Waals surface area (Å²) in [5.41, 5.74) is 3.10. The normalized spacial score (nSPS) is 11.0. The predicted octanol–water partition coefficient (Wildman–Crippen LogP) is 2.67. The fourth-order valence-corrected chi connectivity index (χ4v) is 2.36. The molecule has 0 aliphatic rings. The summed E-state index contributed by atoms with van der Waals surface area (Å²) in [7, 11) is 1.53. The Balaban J connectivity index is 2.09. The van der Waals surface area contributed by atoms with Crippen LogP contribution in [-0.4, -0.2) is 16.8 Å². The first-order valence-electron chi connectivity index (χ1n) is 6.54. The van der Waals surface area contributed by atoms with E-state index < -0.39 is 5.76 Å². The molecule has 5 heteroatoms. The minimum absolute atomic E-state index is 0.0985. The van der Waals surface area contributed by atoms with Crippen LogP contribution in [-0.2, 0) is 6.54 Å². The van der Waals surface area contributed by atoms with Gasteiger partial charge < -0.3 is 14.3 Å². The Morgan fingerprint density at radius 3 is 2.81 bits per heavy atom. The number of hydrogen-bond donors (Lipinski definition) is 1. The molecule has 0 radical (unpaired) electrons. The number of benzene rings is 2. The molecule has 5 nitrogen and oxygen atoms in total. The van der Waals surface area contributed by atoms with Crippen LogP contribution in [0.2, 0.25) is 0 Å². The lowest BCUT2D eigenvalue weighted by Gasteiger charge is -2.07. The van der Waals surface area contributed by atoms with E-state index in [-0.39, 0.29) is 5.75 Å². The highest BCUT2D eigenvalue weighted by atomic mass is 16.5. The van der Waals surface area contributed by atoms with E-state index >= 15 is 0 Å². The highest BCUT2D eigenvalue weighted by Crippen LogP contribution is 2.23. The summed E-state index contributed by atoms with van der Waals surface area (Å²) in [5, 5.41) is 9.69. The Morgan fingerprint density at radius 1 is 1.24 bits per heavy atom. The summed E-state index contributed by atoms with van der Waals surface area (Å²) < 4.78 is 11.9. The smallest absolute Gasteiger partial charge is 0.420 e. The molecule has 2 aromatic carbocycles. The highest BCUT2D eigenvalue weighted by Gasteiger charge is 2.11. The lowest BCUT2D eigenvalue weighted by atomic mass is 10.2. The first kappa shape index (κ1) is 13.3. The maximum atomic E-state index is 12.0. The highest BCUT2D eigenvalue weighted by molar-refractivity contribution is 5.73. The van der Waals surface area contributed by atoms with Gasteiger partial charge in [-0.2, -0.15) is 0 Å². The van der Waals surface area contributed by atoms with Crippen LogP contribution >= 0.6 is 0 Å². The molecule has 3 aromatic rings. The van der Waals surface area contributed by atoms with Crippen molar-refractivity contribution in [1.82, 2.24) is 4.57 Å². The van der Waals surface area contributed by atoms with Gasteiger partial charge in [-0.1, -0.05) is 6.07 Å². The summed E-state index contributed by atoms with van der Waals surface area (Å²) in [6.07, 6.45) is 0. The van der Waals surface area contributed by atoms with Crippen LogP contribution in [0.5, 0.6) is 11.5 Å². The van der Waals surface area contributed by atoms with Gasteiger partial charge in [-0.15, -0.1) is 0 Å². The molecule has 0 atom stereocenters. The standard InChI is InChI=1S/C16H15NO4/c1-10-3-4-15-14(5-10)17(16(19)21-15)9-11-6-12(18)8-13(7-11)20-2/h3-8,18H,9H2,1-2H3. The molecule has 21 heavy (non-hydrogen) atoms. The molecule has 108 valence electrons. The molecule has 0 aliphatic heterocycles. The third kappa shape index (κ3) is 2.50. The van der Waals surface area contributed by atoms with E-state index in [2.05, 4.69) is 0 Å². The molecule has 1 heterocycles. The van der Waals surface area contributed by atoms with Crippen molar-refractivity contribution in [1.29, 1.82) is 0 Å². The van der Waals surface area contributed by atoms with Crippen molar-refractivity contribution in [2.75, 3.05) is 7.11 Å². The lowest BCUT2D eigenvalue weighted by Crippen LogP contribution is -2.14. The van der Waals surface area contributed by atoms with Gasteiger partial charge in [0.2, 0.25) is 0 Å². The van der Waals surface area contributed by atoms with Crippen molar-refractivity contribution in [3.05, 3.63) is 58.1 Å². The first-order valence-corrected chi connectivity index (χ1v) is 6.54. The van der Waals surface area contributed by atoms with E-state index in [1.54, 1.807) is 18.2 Å². The van der Waals surface area contributed by atoms with Crippen LogP contribution in [0.1, 0.15) is 11.1 Å². The number of aryl methyl sites for hydroxylation is 1. The van der Waals surface area contributed by atoms with Gasteiger partial charge in [-0.05, 0) is 42.3 Å². The Bertz CT molecular complexity index is 860. The van der Waals surface area contributed by atoms with Gasteiger partial charge in [0.1, 0.15) is 11.5 Å². The first-order chi connectivity index (χ1) is 10.1. The molecular formula is C16H15NO4. The number of nitrogens with zero attached hydrogens (tertiary/aromatic N) is 1. The molecule has 1 N–H and O–H groups in total. The zero-order valence-corrected chi connectivity index (χ0v) is 11.8. The van der Waals surface area contributed by atoms with Crippen molar-refractivity contribution in [3.8, 4) is 11.5 Å². The number of aromatic hydroxyl groups is 1. The number of aromatic nitrogens is 1. The van der Waals surface area contributed by atoms with Gasteiger partial charge in [0.05, 0.1) is 19.2 Å². The number of fused-ring (bicyclic) bond motifs is 1. The molecule has 0 amide bonds. The fourth-order valence-electron chi connectivity index (χ4n) is 2.36. The van der Waals surface area contributed by atoms with Crippen molar-refractivity contribution >= 4 is 11.1 Å². The van der Waals surface area contributed by atoms with Gasteiger partial charge >= 0.3 is 5.76 Å². The number of phenols is 1. The van der Waals surface area contributed by atoms with Crippen LogP contribution in [0, 0.1) is 6.92 Å². The molecule has 0 fully saturated rings. The van der Waals surface area contributed by atoms with Gasteiger partial charge in [0, 0.05) is 6.07 Å². The molecule has 0 bridgehead atoms. The van der Waals surface area contributed by atoms with Gasteiger partial charge in [0.25, 0.3) is 0 Å².